The molecule has 2 saturated carbocycles. The molecule has 0 saturated heterocycles. The van der Waals surface area contributed by atoms with Gasteiger partial charge in [0.1, 0.15) is 0 Å². The van der Waals surface area contributed by atoms with E-state index in [0.717, 1.165) is 25.7 Å². The zero-order chi connectivity index (χ0) is 19.7. The van der Waals surface area contributed by atoms with Crippen LogP contribution in [0.15, 0.2) is 42.3 Å². The third-order valence-corrected chi connectivity index (χ3v) is 8.20. The van der Waals surface area contributed by atoms with Gasteiger partial charge < -0.3 is 5.11 Å². The zero-order valence-corrected chi connectivity index (χ0v) is 15.9. The summed E-state index contributed by atoms with van der Waals surface area (Å²) in [6, 6.07) is 4.21. The Labute approximate surface area is 160 Å². The van der Waals surface area contributed by atoms with Crippen LogP contribution in [-0.4, -0.2) is 16.2 Å². The highest BCUT2D eigenvalue weighted by Gasteiger charge is 2.56. The fourth-order valence-corrected chi connectivity index (χ4v) is 6.79. The van der Waals surface area contributed by atoms with Crippen LogP contribution in [-0.2, 0) is 0 Å². The molecule has 0 amide bonds. The predicted molar refractivity (Wildman–Crippen MR) is 105 cm³/mol. The Balaban J connectivity index is 1.52. The highest BCUT2D eigenvalue weighted by Crippen LogP contribution is 2.66. The second-order valence-corrected chi connectivity index (χ2v) is 9.33. The average Bonchev–Trinajstić information content (AvgIpc) is 3.00. The second kappa shape index (κ2) is 5.79. The molecule has 2 fully saturated rings. The minimum absolute atomic E-state index is 0.160. The van der Waals surface area contributed by atoms with Crippen molar-refractivity contribution in [2.24, 2.45) is 28.6 Å². The molecule has 4 aliphatic rings. The molecule has 0 bridgehead atoms. The Morgan fingerprint density at radius 3 is 2.85 bits per heavy atom. The first-order valence-corrected chi connectivity index (χ1v) is 10.3. The summed E-state index contributed by atoms with van der Waals surface area (Å²) in [7, 11) is 0. The lowest BCUT2D eigenvalue weighted by Gasteiger charge is -2.57. The van der Waals surface area contributed by atoms with E-state index in [9.17, 15) is 5.11 Å². The number of hydrogen-bond acceptors (Lipinski definition) is 2. The Hall–Kier alpha value is -1.41. The van der Waals surface area contributed by atoms with Gasteiger partial charge in [-0.2, -0.15) is 0 Å². The number of allylic oxidation sites excluding steroid dienone is 3. The van der Waals surface area contributed by atoms with E-state index >= 15 is 0 Å². The van der Waals surface area contributed by atoms with Crippen molar-refractivity contribution in [2.75, 3.05) is 0 Å². The maximum Gasteiger partial charge on any atom is 0.0577 e. The molecular formula is C24H31NO. The molecule has 3 unspecified atom stereocenters. The number of aliphatic hydroxyl groups excluding tert-OH is 1. The van der Waals surface area contributed by atoms with Gasteiger partial charge in [0.05, 0.1) is 6.10 Å². The van der Waals surface area contributed by atoms with Crippen molar-refractivity contribution in [3.05, 3.63) is 47.8 Å². The first-order chi connectivity index (χ1) is 13.3. The number of pyridine rings is 1. The summed E-state index contributed by atoms with van der Waals surface area (Å²) in [4.78, 5) is 4.35. The fourth-order valence-electron chi connectivity index (χ4n) is 6.79. The molecule has 2 heteroatoms. The first kappa shape index (κ1) is 14.6. The summed E-state index contributed by atoms with van der Waals surface area (Å²) in [6.45, 7) is 4.59. The molecule has 138 valence electrons. The normalized spacial score (nSPS) is 47.5. The Morgan fingerprint density at radius 2 is 2.04 bits per heavy atom. The summed E-state index contributed by atoms with van der Waals surface area (Å²) >= 11 is 0. The highest BCUT2D eigenvalue weighted by atomic mass is 16.3. The van der Waals surface area contributed by atoms with Crippen molar-refractivity contribution >= 4 is 5.57 Å². The second-order valence-electron chi connectivity index (χ2n) is 9.33. The van der Waals surface area contributed by atoms with Crippen molar-refractivity contribution in [3.63, 3.8) is 0 Å². The lowest BCUT2D eigenvalue weighted by molar-refractivity contribution is -0.0238. The van der Waals surface area contributed by atoms with E-state index in [1.165, 1.54) is 16.7 Å². The maximum absolute atomic E-state index is 10.3. The van der Waals surface area contributed by atoms with Crippen molar-refractivity contribution in [1.29, 1.82) is 0 Å². The van der Waals surface area contributed by atoms with Crippen molar-refractivity contribution < 1.29 is 7.85 Å². The van der Waals surface area contributed by atoms with E-state index in [1.54, 1.807) is 0 Å². The molecule has 0 radical (unpaired) electrons. The van der Waals surface area contributed by atoms with Gasteiger partial charge in [0.2, 0.25) is 0 Å². The van der Waals surface area contributed by atoms with Crippen LogP contribution in [0.3, 0.4) is 0 Å². The number of nitrogens with zero attached hydrogens (tertiary/aromatic N) is 1. The number of hydrogen-bond donors (Lipinski definition) is 1. The van der Waals surface area contributed by atoms with Crippen LogP contribution in [0.4, 0.5) is 0 Å². The molecule has 0 spiro atoms. The fraction of sp³-hybridized carbons (Fsp3) is 0.625. The molecule has 6 atom stereocenters. The highest BCUT2D eigenvalue weighted by molar-refractivity contribution is 5.72. The van der Waals surface area contributed by atoms with Gasteiger partial charge in [0.15, 0.2) is 0 Å². The van der Waals surface area contributed by atoms with Gasteiger partial charge in [-0.1, -0.05) is 37.6 Å². The van der Waals surface area contributed by atoms with E-state index < -0.39 is 17.9 Å². The molecule has 4 aliphatic carbocycles. The zero-order valence-electron chi connectivity index (χ0n) is 17.9. The summed E-state index contributed by atoms with van der Waals surface area (Å²) in [6.07, 6.45) is 11.9. The Morgan fingerprint density at radius 1 is 1.15 bits per heavy atom. The molecule has 1 N–H and O–H groups in total. The van der Waals surface area contributed by atoms with Gasteiger partial charge >= 0.3 is 0 Å². The summed E-state index contributed by atoms with van der Waals surface area (Å²) in [5.41, 5.74) is 3.60. The summed E-state index contributed by atoms with van der Waals surface area (Å²) in [5, 5.41) is 10.3. The quantitative estimate of drug-likeness (QED) is 0.687. The molecule has 5 rings (SSSR count). The topological polar surface area (TPSA) is 33.1 Å². The van der Waals surface area contributed by atoms with Crippen LogP contribution < -0.4 is 0 Å². The van der Waals surface area contributed by atoms with Crippen LogP contribution in [0.1, 0.15) is 67.1 Å². The minimum atomic E-state index is -1.34. The van der Waals surface area contributed by atoms with Crippen LogP contribution >= 0.6 is 0 Å². The Kier molecular flexibility index (Phi) is 3.26. The van der Waals surface area contributed by atoms with Crippen LogP contribution in [0.25, 0.3) is 5.57 Å². The third kappa shape index (κ3) is 2.24. The summed E-state index contributed by atoms with van der Waals surface area (Å²) < 4.78 is 17.7. The molecule has 1 aromatic heterocycles. The first-order valence-electron chi connectivity index (χ1n) is 11.3. The van der Waals surface area contributed by atoms with Crippen LogP contribution in [0.2, 0.25) is 0 Å². The van der Waals surface area contributed by atoms with Gasteiger partial charge in [0.25, 0.3) is 0 Å². The number of aliphatic hydroxyl groups is 1. The molecule has 1 aromatic rings. The largest absolute Gasteiger partial charge is 0.393 e. The van der Waals surface area contributed by atoms with Gasteiger partial charge in [-0.05, 0) is 90.7 Å². The van der Waals surface area contributed by atoms with Gasteiger partial charge in [0, 0.05) is 15.1 Å². The van der Waals surface area contributed by atoms with Gasteiger partial charge in [-0.15, -0.1) is 0 Å². The SMILES string of the molecule is [2H]C1([2H])C[C@H](O)CC2=CCC3C(CC[C@]4(C)C(c5cccnc5)=CCC34)[C@]21C. The molecule has 26 heavy (non-hydrogen) atoms. The number of rotatable bonds is 1. The van der Waals surface area contributed by atoms with E-state index in [1.807, 2.05) is 18.5 Å². The van der Waals surface area contributed by atoms with Crippen LogP contribution in [0, 0.1) is 28.6 Å². The maximum atomic E-state index is 10.3. The predicted octanol–water partition coefficient (Wildman–Crippen LogP) is 5.40. The molecule has 1 heterocycles. The molecule has 0 aromatic carbocycles. The van der Waals surface area contributed by atoms with Crippen molar-refractivity contribution in [1.82, 2.24) is 4.98 Å². The third-order valence-electron chi connectivity index (χ3n) is 8.20. The summed E-state index contributed by atoms with van der Waals surface area (Å²) in [5.74, 6) is 1.46. The standard InChI is InChI=1S/C24H31NO/c1-23-11-9-18(26)14-17(23)5-6-19-21-8-7-20(16-4-3-13-25-15-16)24(21,2)12-10-22(19)23/h3-5,7,13,15,18-19,21-22,26H,6,8-12,14H2,1-2H3/t18-,19?,21?,22?,23-,24+/m0/s1/i11D2. The Bertz CT molecular complexity index is 847. The van der Waals surface area contributed by atoms with Gasteiger partial charge in [-0.3, -0.25) is 4.98 Å². The molecule has 0 aliphatic heterocycles. The van der Waals surface area contributed by atoms with E-state index in [4.69, 9.17) is 2.74 Å². The lowest BCUT2D eigenvalue weighted by Crippen LogP contribution is -2.49. The van der Waals surface area contributed by atoms with Gasteiger partial charge in [-0.25, -0.2) is 0 Å². The van der Waals surface area contributed by atoms with Crippen molar-refractivity contribution in [2.45, 2.75) is 64.8 Å². The monoisotopic (exact) mass is 351 g/mol. The van der Waals surface area contributed by atoms with E-state index in [0.29, 0.717) is 24.2 Å². The minimum Gasteiger partial charge on any atom is -0.393 e. The average molecular weight is 352 g/mol. The molecular weight excluding hydrogens is 318 g/mol. The molecule has 2 nitrogen and oxygen atoms in total. The van der Waals surface area contributed by atoms with Crippen LogP contribution in [0.5, 0.6) is 0 Å². The number of aromatic nitrogens is 1. The smallest absolute Gasteiger partial charge is 0.0577 e. The lowest BCUT2D eigenvalue weighted by atomic mass is 9.47. The van der Waals surface area contributed by atoms with E-state index in [-0.39, 0.29) is 11.8 Å². The van der Waals surface area contributed by atoms with Crippen molar-refractivity contribution in [3.8, 4) is 0 Å². The van der Waals surface area contributed by atoms with E-state index in [2.05, 4.69) is 37.0 Å². The number of fused-ring (bicyclic) bond motifs is 5.